The molecule has 2 amide bonds. The molecule has 1 heterocycles. The summed E-state index contributed by atoms with van der Waals surface area (Å²) in [6, 6.07) is 9.09. The number of carbonyl (C=O) groups is 2. The van der Waals surface area contributed by atoms with E-state index in [1.807, 2.05) is 24.3 Å². The Morgan fingerprint density at radius 1 is 1.35 bits per heavy atom. The van der Waals surface area contributed by atoms with E-state index in [0.29, 0.717) is 0 Å². The Balaban J connectivity index is 2.33. The highest BCUT2D eigenvalue weighted by Crippen LogP contribution is 2.22. The molecular weight excluding hydrogens is 278 g/mol. The first-order chi connectivity index (χ1) is 9.52. The maximum Gasteiger partial charge on any atom is 0.272 e. The van der Waals surface area contributed by atoms with Crippen LogP contribution >= 0.6 is 11.6 Å². The molecule has 0 aliphatic carbocycles. The summed E-state index contributed by atoms with van der Waals surface area (Å²) in [5, 5.41) is 4.37. The number of carbonyl (C=O) groups excluding carboxylic acids is 2. The fourth-order valence-corrected chi connectivity index (χ4v) is 2.09. The van der Waals surface area contributed by atoms with Crippen molar-refractivity contribution in [1.29, 1.82) is 0 Å². The maximum absolute atomic E-state index is 12.2. The fraction of sp³-hybridized carbons (Fsp3) is 0.214. The number of fused-ring (bicyclic) bond motifs is 1. The molecule has 0 bridgehead atoms. The van der Waals surface area contributed by atoms with Crippen LogP contribution < -0.4 is 5.32 Å². The van der Waals surface area contributed by atoms with E-state index in [1.165, 1.54) is 11.9 Å². The minimum absolute atomic E-state index is 0.0263. The summed E-state index contributed by atoms with van der Waals surface area (Å²) in [5.74, 6) is -0.589. The van der Waals surface area contributed by atoms with E-state index >= 15 is 0 Å². The lowest BCUT2D eigenvalue weighted by molar-refractivity contribution is -0.121. The van der Waals surface area contributed by atoms with Gasteiger partial charge >= 0.3 is 0 Å². The molecule has 0 unspecified atom stereocenters. The van der Waals surface area contributed by atoms with Gasteiger partial charge in [0.15, 0.2) is 0 Å². The van der Waals surface area contributed by atoms with Crippen LogP contribution in [-0.2, 0) is 4.79 Å². The third kappa shape index (κ3) is 2.88. The Morgan fingerprint density at radius 3 is 2.75 bits per heavy atom. The number of hydrogen-bond donors (Lipinski definition) is 1. The second-order valence-corrected chi connectivity index (χ2v) is 4.71. The number of likely N-dealkylation sites (N-methyl/N-ethyl adjacent to an activating group) is 2. The predicted molar refractivity (Wildman–Crippen MR) is 77.8 cm³/mol. The number of nitrogens with zero attached hydrogens (tertiary/aromatic N) is 2. The number of aromatic nitrogens is 1. The van der Waals surface area contributed by atoms with E-state index in [9.17, 15) is 9.59 Å². The van der Waals surface area contributed by atoms with Gasteiger partial charge in [0, 0.05) is 19.5 Å². The van der Waals surface area contributed by atoms with Crippen molar-refractivity contribution in [2.75, 3.05) is 20.6 Å². The molecule has 0 atom stereocenters. The van der Waals surface area contributed by atoms with Crippen LogP contribution in [-0.4, -0.2) is 42.3 Å². The molecule has 1 aromatic carbocycles. The highest BCUT2D eigenvalue weighted by atomic mass is 35.5. The van der Waals surface area contributed by atoms with Crippen molar-refractivity contribution in [2.45, 2.75) is 0 Å². The van der Waals surface area contributed by atoms with Gasteiger partial charge in [-0.1, -0.05) is 35.9 Å². The second-order valence-electron chi connectivity index (χ2n) is 4.35. The molecule has 6 heteroatoms. The van der Waals surface area contributed by atoms with Crippen LogP contribution in [0.2, 0.25) is 5.15 Å². The summed E-state index contributed by atoms with van der Waals surface area (Å²) < 4.78 is 0. The number of hydrogen-bond acceptors (Lipinski definition) is 3. The lowest BCUT2D eigenvalue weighted by atomic mass is 10.1. The first kappa shape index (κ1) is 14.3. The lowest BCUT2D eigenvalue weighted by Gasteiger charge is -2.16. The van der Waals surface area contributed by atoms with Crippen molar-refractivity contribution in [2.24, 2.45) is 0 Å². The third-order valence-corrected chi connectivity index (χ3v) is 3.21. The van der Waals surface area contributed by atoms with Crippen molar-refractivity contribution in [3.05, 3.63) is 41.2 Å². The average Bonchev–Trinajstić information content (AvgIpc) is 2.46. The molecule has 0 aliphatic rings. The molecule has 0 spiro atoms. The minimum Gasteiger partial charge on any atom is -0.358 e. The number of rotatable bonds is 3. The molecule has 0 saturated heterocycles. The van der Waals surface area contributed by atoms with Crippen molar-refractivity contribution in [3.8, 4) is 0 Å². The van der Waals surface area contributed by atoms with Gasteiger partial charge in [-0.05, 0) is 11.5 Å². The molecule has 2 rings (SSSR count). The summed E-state index contributed by atoms with van der Waals surface area (Å²) in [4.78, 5) is 28.9. The van der Waals surface area contributed by atoms with E-state index in [-0.39, 0.29) is 29.2 Å². The van der Waals surface area contributed by atoms with Crippen molar-refractivity contribution in [1.82, 2.24) is 15.2 Å². The Hall–Kier alpha value is -2.14. The number of amides is 2. The normalized spacial score (nSPS) is 10.3. The summed E-state index contributed by atoms with van der Waals surface area (Å²) in [6.07, 6.45) is 0. The van der Waals surface area contributed by atoms with Crippen LogP contribution in [0.3, 0.4) is 0 Å². The Morgan fingerprint density at radius 2 is 2.05 bits per heavy atom. The van der Waals surface area contributed by atoms with Crippen molar-refractivity contribution < 1.29 is 9.59 Å². The monoisotopic (exact) mass is 291 g/mol. The molecule has 0 radical (unpaired) electrons. The Labute approximate surface area is 121 Å². The van der Waals surface area contributed by atoms with Gasteiger partial charge in [0.2, 0.25) is 5.91 Å². The van der Waals surface area contributed by atoms with Gasteiger partial charge in [0.1, 0.15) is 10.8 Å². The highest BCUT2D eigenvalue weighted by molar-refractivity contribution is 6.34. The van der Waals surface area contributed by atoms with E-state index in [2.05, 4.69) is 10.3 Å². The van der Waals surface area contributed by atoms with Gasteiger partial charge < -0.3 is 10.2 Å². The molecule has 20 heavy (non-hydrogen) atoms. The number of halogens is 1. The third-order valence-electron chi connectivity index (χ3n) is 2.92. The van der Waals surface area contributed by atoms with Gasteiger partial charge in [0.25, 0.3) is 5.91 Å². The molecule has 2 aromatic rings. The van der Waals surface area contributed by atoms with Gasteiger partial charge in [-0.3, -0.25) is 9.59 Å². The van der Waals surface area contributed by atoms with Crippen LogP contribution in [0.1, 0.15) is 10.5 Å². The first-order valence-electron chi connectivity index (χ1n) is 6.04. The van der Waals surface area contributed by atoms with E-state index in [1.54, 1.807) is 13.1 Å². The summed E-state index contributed by atoms with van der Waals surface area (Å²) in [7, 11) is 3.06. The summed E-state index contributed by atoms with van der Waals surface area (Å²) in [5.41, 5.74) is 0.222. The molecular formula is C14H14ClN3O2. The molecule has 104 valence electrons. The highest BCUT2D eigenvalue weighted by Gasteiger charge is 2.17. The van der Waals surface area contributed by atoms with E-state index in [0.717, 1.165) is 10.8 Å². The van der Waals surface area contributed by atoms with E-state index < -0.39 is 0 Å². The zero-order chi connectivity index (χ0) is 14.7. The zero-order valence-electron chi connectivity index (χ0n) is 11.2. The smallest absolute Gasteiger partial charge is 0.272 e. The quantitative estimate of drug-likeness (QED) is 0.876. The molecule has 0 fully saturated rings. The van der Waals surface area contributed by atoms with Gasteiger partial charge in [0.05, 0.1) is 6.54 Å². The van der Waals surface area contributed by atoms with Gasteiger partial charge in [-0.15, -0.1) is 0 Å². The van der Waals surface area contributed by atoms with Crippen LogP contribution in [0.25, 0.3) is 10.8 Å². The van der Waals surface area contributed by atoms with Crippen LogP contribution in [0.15, 0.2) is 30.3 Å². The SMILES string of the molecule is CNC(=O)CN(C)C(=O)c1cc2ccccc2c(Cl)n1. The van der Waals surface area contributed by atoms with Gasteiger partial charge in [-0.2, -0.15) is 0 Å². The Kier molecular flexibility index (Phi) is 4.20. The van der Waals surface area contributed by atoms with Crippen LogP contribution in [0.5, 0.6) is 0 Å². The van der Waals surface area contributed by atoms with Crippen LogP contribution in [0, 0.1) is 0 Å². The largest absolute Gasteiger partial charge is 0.358 e. The molecule has 5 nitrogen and oxygen atoms in total. The number of benzene rings is 1. The van der Waals surface area contributed by atoms with Crippen molar-refractivity contribution >= 4 is 34.2 Å². The maximum atomic E-state index is 12.2. The topological polar surface area (TPSA) is 62.3 Å². The lowest BCUT2D eigenvalue weighted by Crippen LogP contribution is -2.37. The zero-order valence-corrected chi connectivity index (χ0v) is 11.9. The standard InChI is InChI=1S/C14H14ClN3O2/c1-16-12(19)8-18(2)14(20)11-7-9-5-3-4-6-10(9)13(15)17-11/h3-7H,8H2,1-2H3,(H,16,19). The second kappa shape index (κ2) is 5.88. The minimum atomic E-state index is -0.346. The molecule has 1 aromatic heterocycles. The average molecular weight is 292 g/mol. The summed E-state index contributed by atoms with van der Waals surface area (Å²) >= 11 is 6.08. The van der Waals surface area contributed by atoms with Gasteiger partial charge in [-0.25, -0.2) is 4.98 Å². The first-order valence-corrected chi connectivity index (χ1v) is 6.42. The van der Waals surface area contributed by atoms with Crippen molar-refractivity contribution in [3.63, 3.8) is 0 Å². The Bertz CT molecular complexity index is 673. The molecule has 0 saturated carbocycles. The fourth-order valence-electron chi connectivity index (χ4n) is 1.83. The van der Waals surface area contributed by atoms with Crippen LogP contribution in [0.4, 0.5) is 0 Å². The summed E-state index contributed by atoms with van der Waals surface area (Å²) in [6.45, 7) is -0.0263. The number of pyridine rings is 1. The predicted octanol–water partition coefficient (Wildman–Crippen LogP) is 1.71. The number of nitrogens with one attached hydrogen (secondary N) is 1. The molecule has 1 N–H and O–H groups in total. The van der Waals surface area contributed by atoms with E-state index in [4.69, 9.17) is 11.6 Å². The molecule has 0 aliphatic heterocycles.